The third-order valence-corrected chi connectivity index (χ3v) is 3.96. The first-order chi connectivity index (χ1) is 8.66. The van der Waals surface area contributed by atoms with Crippen LogP contribution in [0, 0.1) is 5.92 Å². The Balaban J connectivity index is 1.79. The standard InChI is InChI=1S/C14H19ClN2O/c15-13-8-11(14(16)18)4-5-12(13)9-17-7-6-10-2-1-3-10/h4-5,8,10,17H,1-3,6-7,9H2,(H2,16,18). The summed E-state index contributed by atoms with van der Waals surface area (Å²) in [6.07, 6.45) is 5.41. The molecule has 2 rings (SSSR count). The van der Waals surface area contributed by atoms with Gasteiger partial charge in [0.15, 0.2) is 0 Å². The van der Waals surface area contributed by atoms with Crippen LogP contribution in [0.5, 0.6) is 0 Å². The Morgan fingerprint density at radius 2 is 2.22 bits per heavy atom. The number of rotatable bonds is 6. The molecule has 1 aromatic rings. The van der Waals surface area contributed by atoms with Crippen molar-refractivity contribution in [2.45, 2.75) is 32.2 Å². The second kappa shape index (κ2) is 6.21. The lowest BCUT2D eigenvalue weighted by atomic mass is 9.83. The predicted molar refractivity (Wildman–Crippen MR) is 73.6 cm³/mol. The van der Waals surface area contributed by atoms with Gasteiger partial charge in [-0.25, -0.2) is 0 Å². The van der Waals surface area contributed by atoms with Crippen molar-refractivity contribution in [1.82, 2.24) is 5.32 Å². The molecule has 0 saturated heterocycles. The topological polar surface area (TPSA) is 55.1 Å². The van der Waals surface area contributed by atoms with Crippen molar-refractivity contribution in [2.24, 2.45) is 11.7 Å². The number of nitrogens with one attached hydrogen (secondary N) is 1. The molecule has 1 aliphatic rings. The van der Waals surface area contributed by atoms with Crippen LogP contribution in [0.3, 0.4) is 0 Å². The van der Waals surface area contributed by atoms with E-state index in [1.165, 1.54) is 25.7 Å². The van der Waals surface area contributed by atoms with Gasteiger partial charge in [-0.15, -0.1) is 0 Å². The van der Waals surface area contributed by atoms with Gasteiger partial charge in [-0.05, 0) is 36.6 Å². The fourth-order valence-electron chi connectivity index (χ4n) is 2.15. The number of amides is 1. The van der Waals surface area contributed by atoms with Crippen molar-refractivity contribution < 1.29 is 4.79 Å². The summed E-state index contributed by atoms with van der Waals surface area (Å²) < 4.78 is 0. The normalized spacial score (nSPS) is 15.4. The maximum absolute atomic E-state index is 11.0. The summed E-state index contributed by atoms with van der Waals surface area (Å²) in [5.74, 6) is 0.478. The zero-order valence-electron chi connectivity index (χ0n) is 10.4. The molecule has 0 unspecified atom stereocenters. The SMILES string of the molecule is NC(=O)c1ccc(CNCCC2CCC2)c(Cl)c1. The summed E-state index contributed by atoms with van der Waals surface area (Å²) in [4.78, 5) is 11.0. The van der Waals surface area contributed by atoms with E-state index in [1.54, 1.807) is 12.1 Å². The number of hydrogen-bond donors (Lipinski definition) is 2. The van der Waals surface area contributed by atoms with Gasteiger partial charge < -0.3 is 11.1 Å². The van der Waals surface area contributed by atoms with E-state index in [0.29, 0.717) is 10.6 Å². The van der Waals surface area contributed by atoms with Gasteiger partial charge in [-0.2, -0.15) is 0 Å². The summed E-state index contributed by atoms with van der Waals surface area (Å²) in [5.41, 5.74) is 6.66. The molecule has 3 nitrogen and oxygen atoms in total. The van der Waals surface area contributed by atoms with E-state index < -0.39 is 5.91 Å². The average Bonchev–Trinajstić information content (AvgIpc) is 2.28. The Bertz CT molecular complexity index is 430. The number of nitrogens with two attached hydrogens (primary N) is 1. The molecule has 98 valence electrons. The van der Waals surface area contributed by atoms with Crippen LogP contribution < -0.4 is 11.1 Å². The molecule has 18 heavy (non-hydrogen) atoms. The number of halogens is 1. The van der Waals surface area contributed by atoms with E-state index in [2.05, 4.69) is 5.32 Å². The molecule has 0 aromatic heterocycles. The van der Waals surface area contributed by atoms with Crippen molar-refractivity contribution in [3.8, 4) is 0 Å². The van der Waals surface area contributed by atoms with Gasteiger partial charge in [0, 0.05) is 17.1 Å². The molecule has 1 aliphatic carbocycles. The molecule has 0 aliphatic heterocycles. The average molecular weight is 267 g/mol. The van der Waals surface area contributed by atoms with Crippen molar-refractivity contribution in [3.63, 3.8) is 0 Å². The van der Waals surface area contributed by atoms with Crippen molar-refractivity contribution in [3.05, 3.63) is 34.3 Å². The Labute approximate surface area is 113 Å². The lowest BCUT2D eigenvalue weighted by molar-refractivity contribution is 0.100. The molecular formula is C14H19ClN2O. The molecule has 0 bridgehead atoms. The second-order valence-corrected chi connectivity index (χ2v) is 5.34. The Kier molecular flexibility index (Phi) is 4.61. The van der Waals surface area contributed by atoms with Crippen LogP contribution in [0.4, 0.5) is 0 Å². The highest BCUT2D eigenvalue weighted by Gasteiger charge is 2.16. The fourth-order valence-corrected chi connectivity index (χ4v) is 2.40. The Morgan fingerprint density at radius 3 is 2.78 bits per heavy atom. The molecule has 0 atom stereocenters. The summed E-state index contributed by atoms with van der Waals surface area (Å²) in [5, 5.41) is 3.99. The number of hydrogen-bond acceptors (Lipinski definition) is 2. The summed E-state index contributed by atoms with van der Waals surface area (Å²) in [6, 6.07) is 5.21. The van der Waals surface area contributed by atoms with Gasteiger partial charge in [0.05, 0.1) is 0 Å². The van der Waals surface area contributed by atoms with Gasteiger partial charge in [-0.3, -0.25) is 4.79 Å². The maximum atomic E-state index is 11.0. The van der Waals surface area contributed by atoms with Gasteiger partial charge in [0.25, 0.3) is 0 Å². The second-order valence-electron chi connectivity index (χ2n) is 4.93. The van der Waals surface area contributed by atoms with Gasteiger partial charge in [0.1, 0.15) is 0 Å². The van der Waals surface area contributed by atoms with E-state index in [0.717, 1.165) is 24.6 Å². The van der Waals surface area contributed by atoms with Crippen molar-refractivity contribution in [1.29, 1.82) is 0 Å². The first-order valence-electron chi connectivity index (χ1n) is 6.46. The molecule has 1 amide bonds. The zero-order valence-corrected chi connectivity index (χ0v) is 11.2. The Hall–Kier alpha value is -1.06. The van der Waals surface area contributed by atoms with Gasteiger partial charge in [-0.1, -0.05) is 36.9 Å². The van der Waals surface area contributed by atoms with E-state index >= 15 is 0 Å². The zero-order chi connectivity index (χ0) is 13.0. The molecule has 4 heteroatoms. The van der Waals surface area contributed by atoms with Crippen LogP contribution in [0.15, 0.2) is 18.2 Å². The fraction of sp³-hybridized carbons (Fsp3) is 0.500. The van der Waals surface area contributed by atoms with Gasteiger partial charge >= 0.3 is 0 Å². The minimum atomic E-state index is -0.443. The van der Waals surface area contributed by atoms with E-state index in [1.807, 2.05) is 6.07 Å². The first-order valence-corrected chi connectivity index (χ1v) is 6.83. The van der Waals surface area contributed by atoms with Crippen LogP contribution in [-0.4, -0.2) is 12.5 Å². The lowest BCUT2D eigenvalue weighted by Crippen LogP contribution is -2.21. The summed E-state index contributed by atoms with van der Waals surface area (Å²) in [7, 11) is 0. The van der Waals surface area contributed by atoms with Crippen LogP contribution >= 0.6 is 11.6 Å². The molecule has 0 radical (unpaired) electrons. The minimum Gasteiger partial charge on any atom is -0.366 e. The van der Waals surface area contributed by atoms with E-state index in [4.69, 9.17) is 17.3 Å². The first kappa shape index (κ1) is 13.4. The molecule has 1 fully saturated rings. The number of carbonyl (C=O) groups is 1. The van der Waals surface area contributed by atoms with Crippen LogP contribution in [-0.2, 0) is 6.54 Å². The largest absolute Gasteiger partial charge is 0.366 e. The van der Waals surface area contributed by atoms with Gasteiger partial charge in [0.2, 0.25) is 5.91 Å². The molecule has 0 heterocycles. The van der Waals surface area contributed by atoms with Crippen LogP contribution in [0.1, 0.15) is 41.6 Å². The minimum absolute atomic E-state index is 0.443. The lowest BCUT2D eigenvalue weighted by Gasteiger charge is -2.25. The molecule has 1 aromatic carbocycles. The smallest absolute Gasteiger partial charge is 0.248 e. The number of benzene rings is 1. The molecule has 3 N–H and O–H groups in total. The monoisotopic (exact) mass is 266 g/mol. The van der Waals surface area contributed by atoms with Crippen molar-refractivity contribution in [2.75, 3.05) is 6.54 Å². The molecule has 1 saturated carbocycles. The van der Waals surface area contributed by atoms with Crippen LogP contribution in [0.25, 0.3) is 0 Å². The Morgan fingerprint density at radius 1 is 1.44 bits per heavy atom. The summed E-state index contributed by atoms with van der Waals surface area (Å²) in [6.45, 7) is 1.77. The summed E-state index contributed by atoms with van der Waals surface area (Å²) >= 11 is 6.11. The maximum Gasteiger partial charge on any atom is 0.248 e. The number of primary amides is 1. The third kappa shape index (κ3) is 3.47. The van der Waals surface area contributed by atoms with Crippen molar-refractivity contribution >= 4 is 17.5 Å². The number of carbonyl (C=O) groups excluding carboxylic acids is 1. The highest BCUT2D eigenvalue weighted by atomic mass is 35.5. The highest BCUT2D eigenvalue weighted by molar-refractivity contribution is 6.31. The van der Waals surface area contributed by atoms with E-state index in [-0.39, 0.29) is 0 Å². The highest BCUT2D eigenvalue weighted by Crippen LogP contribution is 2.28. The predicted octanol–water partition coefficient (Wildman–Crippen LogP) is 2.72. The third-order valence-electron chi connectivity index (χ3n) is 3.61. The quantitative estimate of drug-likeness (QED) is 0.778. The van der Waals surface area contributed by atoms with Crippen LogP contribution in [0.2, 0.25) is 5.02 Å². The molecular weight excluding hydrogens is 248 g/mol. The molecule has 0 spiro atoms. The van der Waals surface area contributed by atoms with E-state index in [9.17, 15) is 4.79 Å².